The lowest BCUT2D eigenvalue weighted by Gasteiger charge is -2.33. The van der Waals surface area contributed by atoms with Crippen molar-refractivity contribution in [2.45, 2.75) is 26.9 Å². The third kappa shape index (κ3) is 7.64. The molecule has 1 aliphatic rings. The van der Waals surface area contributed by atoms with E-state index in [1.54, 1.807) is 109 Å². The van der Waals surface area contributed by atoms with Crippen LogP contribution in [-0.2, 0) is 23.3 Å². The van der Waals surface area contributed by atoms with Crippen LogP contribution in [0.2, 0.25) is 0 Å². The molecule has 242 valence electrons. The number of para-hydroxylation sites is 2. The van der Waals surface area contributed by atoms with Crippen LogP contribution in [0, 0.1) is 0 Å². The molecule has 1 aliphatic heterocycles. The van der Waals surface area contributed by atoms with Crippen molar-refractivity contribution in [3.63, 3.8) is 0 Å². The lowest BCUT2D eigenvalue weighted by atomic mass is 10.1. The van der Waals surface area contributed by atoms with Gasteiger partial charge in [-0.05, 0) is 61.4 Å². The zero-order chi connectivity index (χ0) is 33.6. The predicted molar refractivity (Wildman–Crippen MR) is 176 cm³/mol. The van der Waals surface area contributed by atoms with Gasteiger partial charge in [0.05, 0.1) is 13.1 Å². The van der Waals surface area contributed by atoms with Gasteiger partial charge in [-0.25, -0.2) is 8.61 Å². The quantitative estimate of drug-likeness (QED) is 0.169. The van der Waals surface area contributed by atoms with E-state index in [0.29, 0.717) is 33.8 Å². The van der Waals surface area contributed by atoms with Crippen LogP contribution < -0.4 is 9.47 Å². The number of aliphatic hydroxyl groups is 2. The Balaban J connectivity index is 1.65. The second kappa shape index (κ2) is 14.3. The molecule has 0 radical (unpaired) electrons. The van der Waals surface area contributed by atoms with E-state index in [2.05, 4.69) is 0 Å². The van der Waals surface area contributed by atoms with Gasteiger partial charge in [0.25, 0.3) is 0 Å². The minimum absolute atomic E-state index is 0.205. The number of hydrogen-bond acceptors (Lipinski definition) is 8. The van der Waals surface area contributed by atoms with Crippen molar-refractivity contribution >= 4 is 21.8 Å². The van der Waals surface area contributed by atoms with Crippen LogP contribution in [0.3, 0.4) is 0 Å². The first-order valence-electron chi connectivity index (χ1n) is 14.7. The summed E-state index contributed by atoms with van der Waals surface area (Å²) in [7, 11) is -4.64. The number of ketones is 2. The number of Topliss-reactive ketones (excluding diaryl/α,β-unsaturated/α-hetero) is 2. The van der Waals surface area contributed by atoms with Crippen molar-refractivity contribution in [3.05, 3.63) is 154 Å². The second-order valence-electron chi connectivity index (χ2n) is 10.8. The molecule has 0 saturated carbocycles. The van der Waals surface area contributed by atoms with E-state index in [-0.39, 0.29) is 36.1 Å². The highest BCUT2D eigenvalue weighted by Gasteiger charge is 2.41. The first kappa shape index (κ1) is 32.8. The molecule has 1 heterocycles. The van der Waals surface area contributed by atoms with E-state index in [1.165, 1.54) is 13.8 Å². The minimum atomic E-state index is -4.64. The Labute approximate surface area is 273 Å². The highest BCUT2D eigenvalue weighted by molar-refractivity contribution is 7.87. The molecule has 0 fully saturated rings. The van der Waals surface area contributed by atoms with Gasteiger partial charge in [-0.2, -0.15) is 8.42 Å². The zero-order valence-electron chi connectivity index (χ0n) is 25.9. The molecule has 2 N–H and O–H groups in total. The van der Waals surface area contributed by atoms with Gasteiger partial charge in [0.15, 0.2) is 23.1 Å². The number of hydrogen-bond donors (Lipinski definition) is 2. The molecule has 0 bridgehead atoms. The SMILES string of the molecule is CC(=O)c1cccc(CN2C(COc3ccccc3)=C(O)C(O)=C(COc3ccccc3)N(Cc3cccc(C(C)=O)c3)S2(=O)=O)c1. The van der Waals surface area contributed by atoms with Crippen LogP contribution in [0.4, 0.5) is 0 Å². The molecule has 0 amide bonds. The number of carbonyl (C=O) groups excluding carboxylic acids is 2. The first-order valence-corrected chi connectivity index (χ1v) is 16.1. The summed E-state index contributed by atoms with van der Waals surface area (Å²) >= 11 is 0. The molecule has 0 saturated heterocycles. The van der Waals surface area contributed by atoms with E-state index in [9.17, 15) is 28.2 Å². The molecule has 10 nitrogen and oxygen atoms in total. The molecule has 4 aromatic rings. The van der Waals surface area contributed by atoms with Crippen molar-refractivity contribution in [2.75, 3.05) is 13.2 Å². The topological polar surface area (TPSA) is 134 Å². The minimum Gasteiger partial charge on any atom is -0.503 e. The van der Waals surface area contributed by atoms with Crippen LogP contribution >= 0.6 is 0 Å². The van der Waals surface area contributed by atoms with Crippen LogP contribution in [0.15, 0.2) is 132 Å². The fourth-order valence-corrected chi connectivity index (χ4v) is 6.69. The van der Waals surface area contributed by atoms with Gasteiger partial charge < -0.3 is 19.7 Å². The summed E-state index contributed by atoms with van der Waals surface area (Å²) in [6.07, 6.45) is 0. The normalized spacial score (nSPS) is 14.5. The standard InChI is InChI=1S/C36H34N2O8S/c1-25(39)29-13-9-11-27(19-29)21-37-33(23-45-31-15-5-3-6-16-31)35(41)36(42)34(24-46-32-17-7-4-8-18-32)38(47(37,43)44)22-28-12-10-14-30(20-28)26(2)40/h3-20,41-42H,21-24H2,1-2H3. The fraction of sp³-hybridized carbons (Fsp3) is 0.167. The van der Waals surface area contributed by atoms with Crippen molar-refractivity contribution in [2.24, 2.45) is 0 Å². The van der Waals surface area contributed by atoms with E-state index in [4.69, 9.17) is 9.47 Å². The fourth-order valence-electron chi connectivity index (χ4n) is 4.99. The summed E-state index contributed by atoms with van der Waals surface area (Å²) in [5.41, 5.74) is 1.18. The average molecular weight is 655 g/mol. The van der Waals surface area contributed by atoms with Crippen LogP contribution in [0.5, 0.6) is 11.5 Å². The molecule has 0 unspecified atom stereocenters. The highest BCUT2D eigenvalue weighted by Crippen LogP contribution is 2.34. The first-order chi connectivity index (χ1) is 22.5. The van der Waals surface area contributed by atoms with Crippen molar-refractivity contribution in [3.8, 4) is 11.5 Å². The molecule has 0 aromatic heterocycles. The molecule has 0 atom stereocenters. The highest BCUT2D eigenvalue weighted by atomic mass is 32.2. The van der Waals surface area contributed by atoms with Gasteiger partial charge >= 0.3 is 10.2 Å². The van der Waals surface area contributed by atoms with E-state index in [1.807, 2.05) is 0 Å². The van der Waals surface area contributed by atoms with E-state index >= 15 is 0 Å². The van der Waals surface area contributed by atoms with Crippen molar-refractivity contribution in [1.29, 1.82) is 0 Å². The second-order valence-corrected chi connectivity index (χ2v) is 12.6. The van der Waals surface area contributed by atoms with Crippen molar-refractivity contribution in [1.82, 2.24) is 8.61 Å². The Morgan fingerprint density at radius 2 is 0.979 bits per heavy atom. The lowest BCUT2D eigenvalue weighted by Crippen LogP contribution is -2.43. The van der Waals surface area contributed by atoms with Crippen LogP contribution in [0.1, 0.15) is 45.7 Å². The van der Waals surface area contributed by atoms with Gasteiger partial charge in [-0.15, -0.1) is 0 Å². The molecular formula is C36H34N2O8S. The summed E-state index contributed by atoms with van der Waals surface area (Å²) in [6.45, 7) is 1.31. The molecule has 47 heavy (non-hydrogen) atoms. The molecule has 5 rings (SSSR count). The van der Waals surface area contributed by atoms with Gasteiger partial charge in [-0.1, -0.05) is 72.8 Å². The van der Waals surface area contributed by atoms with Crippen LogP contribution in [0.25, 0.3) is 0 Å². The third-order valence-electron chi connectivity index (χ3n) is 7.49. The third-order valence-corrected chi connectivity index (χ3v) is 9.30. The molecule has 0 aliphatic carbocycles. The summed E-state index contributed by atoms with van der Waals surface area (Å²) in [5, 5.41) is 23.2. The smallest absolute Gasteiger partial charge is 0.327 e. The number of aliphatic hydroxyl groups excluding tert-OH is 2. The lowest BCUT2D eigenvalue weighted by molar-refractivity contribution is 0.100. The Kier molecular flexibility index (Phi) is 9.96. The van der Waals surface area contributed by atoms with Gasteiger partial charge in [-0.3, -0.25) is 9.59 Å². The van der Waals surface area contributed by atoms with E-state index in [0.717, 1.165) is 8.61 Å². The van der Waals surface area contributed by atoms with Crippen molar-refractivity contribution < 1.29 is 37.7 Å². The maximum absolute atomic E-state index is 14.8. The number of nitrogens with zero attached hydrogens (tertiary/aromatic N) is 2. The Morgan fingerprint density at radius 3 is 1.34 bits per heavy atom. The summed E-state index contributed by atoms with van der Waals surface area (Å²) in [4.78, 5) is 24.3. The van der Waals surface area contributed by atoms with Crippen LogP contribution in [-0.4, -0.2) is 52.0 Å². The number of ether oxygens (including phenoxy) is 2. The van der Waals surface area contributed by atoms with Gasteiger partial charge in [0.2, 0.25) is 0 Å². The molecule has 11 heteroatoms. The molecule has 0 spiro atoms. The number of rotatable bonds is 12. The summed E-state index contributed by atoms with van der Waals surface area (Å²) < 4.78 is 43.4. The Morgan fingerprint density at radius 1 is 0.596 bits per heavy atom. The maximum atomic E-state index is 14.8. The molecular weight excluding hydrogens is 620 g/mol. The number of carbonyl (C=O) groups is 2. The van der Waals surface area contributed by atoms with Gasteiger partial charge in [0, 0.05) is 11.1 Å². The largest absolute Gasteiger partial charge is 0.503 e. The monoisotopic (exact) mass is 654 g/mol. The average Bonchev–Trinajstić information content (AvgIpc) is 3.12. The van der Waals surface area contributed by atoms with E-state index < -0.39 is 34.9 Å². The Bertz CT molecular complexity index is 1810. The molecule has 4 aromatic carbocycles. The zero-order valence-corrected chi connectivity index (χ0v) is 26.7. The summed E-state index contributed by atoms with van der Waals surface area (Å²) in [5.74, 6) is -1.05. The van der Waals surface area contributed by atoms with Gasteiger partial charge in [0.1, 0.15) is 36.1 Å². The predicted octanol–water partition coefficient (Wildman–Crippen LogP) is 6.35. The Hall–Kier alpha value is -5.55. The summed E-state index contributed by atoms with van der Waals surface area (Å²) in [6, 6.07) is 30.2. The maximum Gasteiger partial charge on any atom is 0.327 e. The number of benzene rings is 4.